The number of rotatable bonds is 3. The number of nitrogens with zero attached hydrogens (tertiary/aromatic N) is 1. The van der Waals surface area contributed by atoms with Gasteiger partial charge in [0.05, 0.1) is 6.54 Å². The lowest BCUT2D eigenvalue weighted by Crippen LogP contribution is -2.35. The van der Waals surface area contributed by atoms with Crippen molar-refractivity contribution in [1.29, 1.82) is 0 Å². The number of hydrogen-bond donors (Lipinski definition) is 1. The Kier molecular flexibility index (Phi) is 3.83. The van der Waals surface area contributed by atoms with Gasteiger partial charge in [-0.05, 0) is 31.9 Å². The molecule has 1 saturated heterocycles. The minimum atomic E-state index is 0.236. The third-order valence-corrected chi connectivity index (χ3v) is 3.97. The molecule has 0 spiro atoms. The highest BCUT2D eigenvalue weighted by Crippen LogP contribution is 2.20. The summed E-state index contributed by atoms with van der Waals surface area (Å²) in [6.07, 6.45) is 3.64. The summed E-state index contributed by atoms with van der Waals surface area (Å²) in [6.45, 7) is 5.10. The quantitative estimate of drug-likeness (QED) is 0.903. The first-order valence-electron chi connectivity index (χ1n) is 7.28. The highest BCUT2D eigenvalue weighted by atomic mass is 16.5. The standard InChI is InChI=1S/C16H22N2O/c1-12-4-6-13(7-5-12)9-15-11-18-16(19-15)14-3-2-8-17-10-14/h4-7,14-15,17H,2-3,8-11H2,1H3. The molecular formula is C16H22N2O. The van der Waals surface area contributed by atoms with Gasteiger partial charge in [0.1, 0.15) is 6.10 Å². The maximum Gasteiger partial charge on any atom is 0.188 e. The Morgan fingerprint density at radius 3 is 2.89 bits per heavy atom. The third kappa shape index (κ3) is 3.16. The second-order valence-electron chi connectivity index (χ2n) is 5.65. The van der Waals surface area contributed by atoms with Crippen molar-refractivity contribution < 1.29 is 4.74 Å². The van der Waals surface area contributed by atoms with E-state index in [9.17, 15) is 0 Å². The highest BCUT2D eigenvalue weighted by Gasteiger charge is 2.27. The van der Waals surface area contributed by atoms with E-state index < -0.39 is 0 Å². The van der Waals surface area contributed by atoms with Gasteiger partial charge >= 0.3 is 0 Å². The van der Waals surface area contributed by atoms with Crippen molar-refractivity contribution in [2.75, 3.05) is 19.6 Å². The molecule has 0 amide bonds. The van der Waals surface area contributed by atoms with E-state index in [2.05, 4.69) is 41.5 Å². The van der Waals surface area contributed by atoms with Gasteiger partial charge in [-0.3, -0.25) is 4.99 Å². The molecular weight excluding hydrogens is 236 g/mol. The second kappa shape index (κ2) is 5.74. The van der Waals surface area contributed by atoms with Crippen LogP contribution in [0.25, 0.3) is 0 Å². The van der Waals surface area contributed by atoms with Crippen LogP contribution in [0.1, 0.15) is 24.0 Å². The van der Waals surface area contributed by atoms with E-state index in [0.717, 1.165) is 32.0 Å². The van der Waals surface area contributed by atoms with E-state index in [1.165, 1.54) is 24.0 Å². The van der Waals surface area contributed by atoms with Crippen LogP contribution in [0.2, 0.25) is 0 Å². The molecule has 0 radical (unpaired) electrons. The molecule has 2 unspecified atom stereocenters. The van der Waals surface area contributed by atoms with Crippen LogP contribution in [-0.2, 0) is 11.2 Å². The average molecular weight is 258 g/mol. The summed E-state index contributed by atoms with van der Waals surface area (Å²) in [7, 11) is 0. The SMILES string of the molecule is Cc1ccc(CC2CN=C(C3CCCNC3)O2)cc1. The third-order valence-electron chi connectivity index (χ3n) is 3.97. The molecule has 1 fully saturated rings. The number of piperidine rings is 1. The van der Waals surface area contributed by atoms with Crippen LogP contribution in [0.15, 0.2) is 29.3 Å². The number of benzene rings is 1. The maximum atomic E-state index is 6.05. The van der Waals surface area contributed by atoms with Gasteiger partial charge < -0.3 is 10.1 Å². The van der Waals surface area contributed by atoms with E-state index in [-0.39, 0.29) is 6.10 Å². The number of ether oxygens (including phenoxy) is 1. The van der Waals surface area contributed by atoms with Crippen molar-refractivity contribution in [1.82, 2.24) is 5.32 Å². The number of hydrogen-bond acceptors (Lipinski definition) is 3. The molecule has 3 rings (SSSR count). The molecule has 0 bridgehead atoms. The van der Waals surface area contributed by atoms with Crippen LogP contribution in [0, 0.1) is 12.8 Å². The summed E-state index contributed by atoms with van der Waals surface area (Å²) < 4.78 is 6.05. The van der Waals surface area contributed by atoms with Gasteiger partial charge in [0, 0.05) is 18.9 Å². The second-order valence-corrected chi connectivity index (χ2v) is 5.65. The summed E-state index contributed by atoms with van der Waals surface area (Å²) >= 11 is 0. The minimum Gasteiger partial charge on any atom is -0.475 e. The number of aryl methyl sites for hydroxylation is 1. The van der Waals surface area contributed by atoms with Crippen molar-refractivity contribution in [3.05, 3.63) is 35.4 Å². The van der Waals surface area contributed by atoms with E-state index in [1.54, 1.807) is 0 Å². The zero-order valence-corrected chi connectivity index (χ0v) is 11.6. The van der Waals surface area contributed by atoms with Crippen LogP contribution in [-0.4, -0.2) is 31.6 Å². The first kappa shape index (κ1) is 12.7. The Morgan fingerprint density at radius 2 is 2.16 bits per heavy atom. The van der Waals surface area contributed by atoms with Gasteiger partial charge in [0.15, 0.2) is 5.90 Å². The zero-order chi connectivity index (χ0) is 13.1. The van der Waals surface area contributed by atoms with Gasteiger partial charge in [-0.15, -0.1) is 0 Å². The van der Waals surface area contributed by atoms with Gasteiger partial charge in [0.2, 0.25) is 0 Å². The molecule has 102 valence electrons. The Bertz CT molecular complexity index is 446. The molecule has 2 heterocycles. The van der Waals surface area contributed by atoms with E-state index in [1.807, 2.05) is 0 Å². The fraction of sp³-hybridized carbons (Fsp3) is 0.562. The first-order chi connectivity index (χ1) is 9.31. The van der Waals surface area contributed by atoms with Gasteiger partial charge in [-0.25, -0.2) is 0 Å². The van der Waals surface area contributed by atoms with Crippen LogP contribution < -0.4 is 5.32 Å². The molecule has 3 nitrogen and oxygen atoms in total. The van der Waals surface area contributed by atoms with Gasteiger partial charge in [-0.2, -0.15) is 0 Å². The lowest BCUT2D eigenvalue weighted by Gasteiger charge is -2.23. The molecule has 2 aliphatic rings. The number of aliphatic imine (C=N–C) groups is 1. The predicted molar refractivity (Wildman–Crippen MR) is 77.7 cm³/mol. The van der Waals surface area contributed by atoms with Crippen LogP contribution in [0.5, 0.6) is 0 Å². The molecule has 3 heteroatoms. The zero-order valence-electron chi connectivity index (χ0n) is 11.6. The summed E-state index contributed by atoms with van der Waals surface area (Å²) in [5, 5.41) is 3.42. The molecule has 0 aliphatic carbocycles. The van der Waals surface area contributed by atoms with Crippen molar-refractivity contribution in [3.63, 3.8) is 0 Å². The summed E-state index contributed by atoms with van der Waals surface area (Å²) in [5.41, 5.74) is 2.65. The largest absolute Gasteiger partial charge is 0.475 e. The Hall–Kier alpha value is -1.35. The van der Waals surface area contributed by atoms with Crippen molar-refractivity contribution in [2.24, 2.45) is 10.9 Å². The lowest BCUT2D eigenvalue weighted by molar-refractivity contribution is 0.205. The van der Waals surface area contributed by atoms with Crippen molar-refractivity contribution >= 4 is 5.90 Å². The summed E-state index contributed by atoms with van der Waals surface area (Å²) in [6, 6.07) is 8.71. The van der Waals surface area contributed by atoms with Crippen LogP contribution in [0.4, 0.5) is 0 Å². The molecule has 19 heavy (non-hydrogen) atoms. The number of nitrogens with one attached hydrogen (secondary N) is 1. The predicted octanol–water partition coefficient (Wildman–Crippen LogP) is 2.33. The summed E-state index contributed by atoms with van der Waals surface area (Å²) in [5.74, 6) is 1.49. The fourth-order valence-corrected chi connectivity index (χ4v) is 2.82. The Morgan fingerprint density at radius 1 is 1.32 bits per heavy atom. The normalized spacial score (nSPS) is 26.9. The molecule has 1 aromatic rings. The molecule has 2 atom stereocenters. The topological polar surface area (TPSA) is 33.6 Å². The summed E-state index contributed by atoms with van der Waals surface area (Å²) in [4.78, 5) is 4.61. The van der Waals surface area contributed by atoms with E-state index >= 15 is 0 Å². The molecule has 0 aromatic heterocycles. The molecule has 1 N–H and O–H groups in total. The maximum absolute atomic E-state index is 6.05. The monoisotopic (exact) mass is 258 g/mol. The molecule has 1 aromatic carbocycles. The van der Waals surface area contributed by atoms with Crippen molar-refractivity contribution in [3.8, 4) is 0 Å². The smallest absolute Gasteiger partial charge is 0.188 e. The van der Waals surface area contributed by atoms with Crippen LogP contribution in [0.3, 0.4) is 0 Å². The Balaban J connectivity index is 1.54. The van der Waals surface area contributed by atoms with Gasteiger partial charge in [0.25, 0.3) is 0 Å². The average Bonchev–Trinajstić information content (AvgIpc) is 2.91. The Labute approximate surface area is 115 Å². The van der Waals surface area contributed by atoms with Gasteiger partial charge in [-0.1, -0.05) is 29.8 Å². The van der Waals surface area contributed by atoms with Crippen molar-refractivity contribution in [2.45, 2.75) is 32.3 Å². The van der Waals surface area contributed by atoms with E-state index in [4.69, 9.17) is 4.74 Å². The highest BCUT2D eigenvalue weighted by molar-refractivity contribution is 5.80. The lowest BCUT2D eigenvalue weighted by atomic mass is 10.00. The molecule has 2 aliphatic heterocycles. The van der Waals surface area contributed by atoms with E-state index in [0.29, 0.717) is 5.92 Å². The fourth-order valence-electron chi connectivity index (χ4n) is 2.82. The first-order valence-corrected chi connectivity index (χ1v) is 7.28. The molecule has 0 saturated carbocycles. The van der Waals surface area contributed by atoms with Crippen LogP contribution >= 0.6 is 0 Å². The minimum absolute atomic E-state index is 0.236.